The summed E-state index contributed by atoms with van der Waals surface area (Å²) < 4.78 is 0. The summed E-state index contributed by atoms with van der Waals surface area (Å²) >= 11 is 0. The second-order valence-electron chi connectivity index (χ2n) is 5.17. The SMILES string of the molecule is CC1Cc2ccccc2N1C(=O)CNc1ccccc1. The first-order chi connectivity index (χ1) is 9.75. The highest BCUT2D eigenvalue weighted by atomic mass is 16.2. The van der Waals surface area contributed by atoms with E-state index in [1.165, 1.54) is 5.56 Å². The van der Waals surface area contributed by atoms with E-state index in [-0.39, 0.29) is 11.9 Å². The van der Waals surface area contributed by atoms with E-state index in [4.69, 9.17) is 0 Å². The van der Waals surface area contributed by atoms with Crippen molar-refractivity contribution in [2.24, 2.45) is 0 Å². The quantitative estimate of drug-likeness (QED) is 0.926. The smallest absolute Gasteiger partial charge is 0.246 e. The zero-order chi connectivity index (χ0) is 13.9. The second kappa shape index (κ2) is 5.37. The highest BCUT2D eigenvalue weighted by Crippen LogP contribution is 2.31. The van der Waals surface area contributed by atoms with Gasteiger partial charge in [0.05, 0.1) is 6.54 Å². The van der Waals surface area contributed by atoms with Gasteiger partial charge >= 0.3 is 0 Å². The van der Waals surface area contributed by atoms with Crippen LogP contribution in [0.15, 0.2) is 54.6 Å². The molecule has 1 amide bonds. The molecule has 2 aromatic carbocycles. The Morgan fingerprint density at radius 2 is 1.85 bits per heavy atom. The van der Waals surface area contributed by atoms with E-state index in [9.17, 15) is 4.79 Å². The third-order valence-corrected chi connectivity index (χ3v) is 3.69. The first kappa shape index (κ1) is 12.7. The minimum Gasteiger partial charge on any atom is -0.376 e. The number of rotatable bonds is 3. The lowest BCUT2D eigenvalue weighted by molar-refractivity contribution is -0.117. The molecule has 0 aliphatic carbocycles. The number of carbonyl (C=O) groups excluding carboxylic acids is 1. The number of para-hydroxylation sites is 2. The van der Waals surface area contributed by atoms with Gasteiger partial charge in [-0.1, -0.05) is 36.4 Å². The van der Waals surface area contributed by atoms with E-state index in [2.05, 4.69) is 18.3 Å². The first-order valence-electron chi connectivity index (χ1n) is 6.94. The van der Waals surface area contributed by atoms with Gasteiger partial charge in [-0.15, -0.1) is 0 Å². The van der Waals surface area contributed by atoms with Crippen molar-refractivity contribution in [3.8, 4) is 0 Å². The van der Waals surface area contributed by atoms with Gasteiger partial charge < -0.3 is 10.2 Å². The Bertz CT molecular complexity index is 609. The molecule has 3 nitrogen and oxygen atoms in total. The number of benzene rings is 2. The standard InChI is InChI=1S/C17H18N2O/c1-13-11-14-7-5-6-10-16(14)19(13)17(20)12-18-15-8-3-2-4-9-15/h2-10,13,18H,11-12H2,1H3. The Morgan fingerprint density at radius 3 is 2.65 bits per heavy atom. The van der Waals surface area contributed by atoms with Crippen LogP contribution in [-0.4, -0.2) is 18.5 Å². The summed E-state index contributed by atoms with van der Waals surface area (Å²) in [6.45, 7) is 2.42. The average molecular weight is 266 g/mol. The van der Waals surface area contributed by atoms with Crippen LogP contribution in [-0.2, 0) is 11.2 Å². The van der Waals surface area contributed by atoms with Crippen LogP contribution in [0.4, 0.5) is 11.4 Å². The lowest BCUT2D eigenvalue weighted by atomic mass is 10.1. The van der Waals surface area contributed by atoms with Crippen LogP contribution in [0.1, 0.15) is 12.5 Å². The van der Waals surface area contributed by atoms with Crippen LogP contribution in [0.2, 0.25) is 0 Å². The van der Waals surface area contributed by atoms with Crippen LogP contribution < -0.4 is 10.2 Å². The Labute approximate surface area is 119 Å². The molecule has 1 heterocycles. The van der Waals surface area contributed by atoms with Crippen LogP contribution in [0.5, 0.6) is 0 Å². The van der Waals surface area contributed by atoms with Gasteiger partial charge in [-0.05, 0) is 37.1 Å². The number of nitrogens with zero attached hydrogens (tertiary/aromatic N) is 1. The third-order valence-electron chi connectivity index (χ3n) is 3.69. The molecule has 0 spiro atoms. The Kier molecular flexibility index (Phi) is 3.42. The lowest BCUT2D eigenvalue weighted by Crippen LogP contribution is -2.39. The second-order valence-corrected chi connectivity index (χ2v) is 5.17. The summed E-state index contributed by atoms with van der Waals surface area (Å²) in [6, 6.07) is 18.2. The number of hydrogen-bond acceptors (Lipinski definition) is 2. The topological polar surface area (TPSA) is 32.3 Å². The summed E-state index contributed by atoms with van der Waals surface area (Å²) in [5.74, 6) is 0.117. The van der Waals surface area contributed by atoms with Crippen LogP contribution in [0, 0.1) is 0 Å². The summed E-state index contributed by atoms with van der Waals surface area (Å²) in [6.07, 6.45) is 0.938. The van der Waals surface area contributed by atoms with E-state index < -0.39 is 0 Å². The molecule has 3 heteroatoms. The normalized spacial score (nSPS) is 16.9. The molecule has 0 aromatic heterocycles. The van der Waals surface area contributed by atoms with Crippen molar-refractivity contribution in [3.05, 3.63) is 60.2 Å². The van der Waals surface area contributed by atoms with Gasteiger partial charge in [0.1, 0.15) is 0 Å². The van der Waals surface area contributed by atoms with Crippen molar-refractivity contribution in [1.82, 2.24) is 0 Å². The molecule has 1 aliphatic rings. The molecule has 1 unspecified atom stereocenters. The number of amides is 1. The first-order valence-corrected chi connectivity index (χ1v) is 6.94. The van der Waals surface area contributed by atoms with E-state index in [0.717, 1.165) is 17.8 Å². The largest absolute Gasteiger partial charge is 0.376 e. The molecule has 2 aromatic rings. The van der Waals surface area contributed by atoms with Gasteiger partial charge in [0.25, 0.3) is 0 Å². The number of nitrogens with one attached hydrogen (secondary N) is 1. The van der Waals surface area contributed by atoms with Crippen molar-refractivity contribution in [3.63, 3.8) is 0 Å². The summed E-state index contributed by atoms with van der Waals surface area (Å²) in [5, 5.41) is 3.18. The number of carbonyl (C=O) groups is 1. The molecular weight excluding hydrogens is 248 g/mol. The molecule has 0 saturated heterocycles. The fraction of sp³-hybridized carbons (Fsp3) is 0.235. The maximum Gasteiger partial charge on any atom is 0.246 e. The van der Waals surface area contributed by atoms with Crippen molar-refractivity contribution in [2.75, 3.05) is 16.8 Å². The summed E-state index contributed by atoms with van der Waals surface area (Å²) in [7, 11) is 0. The molecule has 20 heavy (non-hydrogen) atoms. The number of anilines is 2. The van der Waals surface area contributed by atoms with Gasteiger partial charge in [-0.25, -0.2) is 0 Å². The third kappa shape index (κ3) is 2.39. The molecule has 3 rings (SSSR count). The van der Waals surface area contributed by atoms with E-state index >= 15 is 0 Å². The predicted molar refractivity (Wildman–Crippen MR) is 82.0 cm³/mol. The zero-order valence-corrected chi connectivity index (χ0v) is 11.5. The Balaban J connectivity index is 1.71. The van der Waals surface area contributed by atoms with Crippen molar-refractivity contribution >= 4 is 17.3 Å². The van der Waals surface area contributed by atoms with Crippen LogP contribution in [0.25, 0.3) is 0 Å². The lowest BCUT2D eigenvalue weighted by Gasteiger charge is -2.23. The maximum atomic E-state index is 12.5. The van der Waals surface area contributed by atoms with E-state index in [1.807, 2.05) is 53.4 Å². The molecule has 0 fully saturated rings. The maximum absolute atomic E-state index is 12.5. The molecule has 0 radical (unpaired) electrons. The molecule has 1 atom stereocenters. The van der Waals surface area contributed by atoms with Crippen molar-refractivity contribution in [1.29, 1.82) is 0 Å². The predicted octanol–water partition coefficient (Wildman–Crippen LogP) is 3.08. The minimum atomic E-state index is 0.117. The van der Waals surface area contributed by atoms with Gasteiger partial charge in [0.15, 0.2) is 0 Å². The minimum absolute atomic E-state index is 0.117. The molecule has 102 valence electrons. The average Bonchev–Trinajstić information content (AvgIpc) is 2.82. The van der Waals surface area contributed by atoms with Crippen LogP contribution in [0.3, 0.4) is 0 Å². The van der Waals surface area contributed by atoms with E-state index in [1.54, 1.807) is 0 Å². The molecule has 0 saturated carbocycles. The summed E-state index contributed by atoms with van der Waals surface area (Å²) in [5.41, 5.74) is 3.29. The fourth-order valence-corrected chi connectivity index (χ4v) is 2.76. The molecule has 0 bridgehead atoms. The highest BCUT2D eigenvalue weighted by Gasteiger charge is 2.29. The van der Waals surface area contributed by atoms with Crippen molar-refractivity contribution < 1.29 is 4.79 Å². The highest BCUT2D eigenvalue weighted by molar-refractivity contribution is 5.98. The van der Waals surface area contributed by atoms with Gasteiger partial charge in [-0.2, -0.15) is 0 Å². The summed E-state index contributed by atoms with van der Waals surface area (Å²) in [4.78, 5) is 14.4. The molecular formula is C17H18N2O. The Hall–Kier alpha value is -2.29. The zero-order valence-electron chi connectivity index (χ0n) is 11.5. The number of hydrogen-bond donors (Lipinski definition) is 1. The van der Waals surface area contributed by atoms with Crippen molar-refractivity contribution in [2.45, 2.75) is 19.4 Å². The van der Waals surface area contributed by atoms with Gasteiger partial charge in [0.2, 0.25) is 5.91 Å². The molecule has 1 aliphatic heterocycles. The monoisotopic (exact) mass is 266 g/mol. The molecule has 1 N–H and O–H groups in total. The fourth-order valence-electron chi connectivity index (χ4n) is 2.76. The Morgan fingerprint density at radius 1 is 1.15 bits per heavy atom. The van der Waals surface area contributed by atoms with Gasteiger partial charge in [-0.3, -0.25) is 4.79 Å². The van der Waals surface area contributed by atoms with Crippen LogP contribution >= 0.6 is 0 Å². The van der Waals surface area contributed by atoms with E-state index in [0.29, 0.717) is 6.54 Å². The van der Waals surface area contributed by atoms with Gasteiger partial charge in [0, 0.05) is 17.4 Å². The number of fused-ring (bicyclic) bond motifs is 1.